The molecule has 1 aliphatic heterocycles. The normalized spacial score (nSPS) is 19.8. The predicted molar refractivity (Wildman–Crippen MR) is 140 cm³/mol. The van der Waals surface area contributed by atoms with Crippen LogP contribution in [-0.2, 0) is 28.7 Å². The largest absolute Gasteiger partial charge is 0.463 e. The summed E-state index contributed by atoms with van der Waals surface area (Å²) in [4.78, 5) is 62.7. The molecular formula is C23H32N8O7S. The third kappa shape index (κ3) is 7.80. The standard InChI is InChI=1S/C23H32N8O7S/c1-5-6-10-36-19(34)23(8-7-9-23)38-30-16(18(33)28-15-13(11-25-31-24)26-17(15)32)14-12-39-20(27-14)29-21(35)37-22(2,3)4/h12-13,15H,5-11H2,1-4H3,(H,26,32)(H,28,33)(H,27,29,35)/b30-16-/t13-,15+/m1/s1. The molecule has 0 aromatic carbocycles. The van der Waals surface area contributed by atoms with Gasteiger partial charge >= 0.3 is 12.1 Å². The average Bonchev–Trinajstić information content (AvgIpc) is 3.28. The van der Waals surface area contributed by atoms with Gasteiger partial charge in [-0.25, -0.2) is 14.6 Å². The van der Waals surface area contributed by atoms with Gasteiger partial charge in [0.15, 0.2) is 10.8 Å². The van der Waals surface area contributed by atoms with Crippen molar-refractivity contribution in [2.24, 2.45) is 10.3 Å². The number of azide groups is 1. The molecule has 2 atom stereocenters. The van der Waals surface area contributed by atoms with Gasteiger partial charge in [-0.15, -0.1) is 11.3 Å². The number of β-lactam (4-membered cyclic amide) rings is 1. The van der Waals surface area contributed by atoms with Crippen LogP contribution in [0.2, 0.25) is 0 Å². The van der Waals surface area contributed by atoms with Gasteiger partial charge in [-0.05, 0) is 39.1 Å². The fraction of sp³-hybridized carbons (Fsp3) is 0.652. The van der Waals surface area contributed by atoms with E-state index in [4.69, 9.17) is 19.8 Å². The molecular weight excluding hydrogens is 532 g/mol. The van der Waals surface area contributed by atoms with Gasteiger partial charge in [0, 0.05) is 29.7 Å². The smallest absolute Gasteiger partial charge is 0.413 e. The van der Waals surface area contributed by atoms with Gasteiger partial charge in [0.1, 0.15) is 17.3 Å². The Balaban J connectivity index is 1.82. The summed E-state index contributed by atoms with van der Waals surface area (Å²) in [6.45, 7) is 7.28. The minimum atomic E-state index is -1.33. The van der Waals surface area contributed by atoms with E-state index >= 15 is 0 Å². The highest BCUT2D eigenvalue weighted by Gasteiger charge is 2.49. The number of rotatable bonds is 12. The van der Waals surface area contributed by atoms with Crippen molar-refractivity contribution in [1.29, 1.82) is 0 Å². The molecule has 1 aliphatic carbocycles. The van der Waals surface area contributed by atoms with E-state index in [1.54, 1.807) is 20.8 Å². The first kappa shape index (κ1) is 29.6. The highest BCUT2D eigenvalue weighted by atomic mass is 32.1. The number of ether oxygens (including phenoxy) is 2. The lowest BCUT2D eigenvalue weighted by Gasteiger charge is -2.37. The van der Waals surface area contributed by atoms with Gasteiger partial charge in [0.25, 0.3) is 5.91 Å². The molecule has 2 fully saturated rings. The molecule has 3 N–H and O–H groups in total. The third-order valence-electron chi connectivity index (χ3n) is 5.79. The van der Waals surface area contributed by atoms with E-state index < -0.39 is 47.2 Å². The van der Waals surface area contributed by atoms with Crippen molar-refractivity contribution in [3.63, 3.8) is 0 Å². The highest BCUT2D eigenvalue weighted by Crippen LogP contribution is 2.37. The molecule has 0 unspecified atom stereocenters. The van der Waals surface area contributed by atoms with Crippen molar-refractivity contribution in [3.05, 3.63) is 21.5 Å². The Kier molecular flexibility index (Phi) is 9.70. The van der Waals surface area contributed by atoms with E-state index in [9.17, 15) is 19.2 Å². The predicted octanol–water partition coefficient (Wildman–Crippen LogP) is 2.77. The van der Waals surface area contributed by atoms with E-state index in [-0.39, 0.29) is 29.7 Å². The monoisotopic (exact) mass is 564 g/mol. The molecule has 3 amide bonds. The second-order valence-corrected chi connectivity index (χ2v) is 10.9. The summed E-state index contributed by atoms with van der Waals surface area (Å²) in [5, 5.41) is 16.6. The number of amides is 3. The van der Waals surface area contributed by atoms with Gasteiger partial charge in [-0.1, -0.05) is 23.6 Å². The van der Waals surface area contributed by atoms with Crippen LogP contribution in [0.25, 0.3) is 10.4 Å². The molecule has 3 rings (SSSR count). The Morgan fingerprint density at radius 1 is 1.33 bits per heavy atom. The quantitative estimate of drug-likeness (QED) is 0.0501. The van der Waals surface area contributed by atoms with Crippen LogP contribution in [0.1, 0.15) is 65.5 Å². The minimum absolute atomic E-state index is 0.0312. The van der Waals surface area contributed by atoms with Crippen LogP contribution < -0.4 is 16.0 Å². The summed E-state index contributed by atoms with van der Waals surface area (Å²) in [6.07, 6.45) is 2.24. The number of esters is 1. The molecule has 1 aromatic rings. The zero-order valence-electron chi connectivity index (χ0n) is 22.2. The number of hydrogen-bond acceptors (Lipinski definition) is 11. The maximum Gasteiger partial charge on any atom is 0.413 e. The number of nitrogens with zero attached hydrogens (tertiary/aromatic N) is 5. The Hall–Kier alpha value is -3.91. The summed E-state index contributed by atoms with van der Waals surface area (Å²) in [5.41, 5.74) is 6.21. The Bertz CT molecular complexity index is 1170. The molecule has 2 heterocycles. The van der Waals surface area contributed by atoms with E-state index in [1.807, 2.05) is 6.92 Å². The highest BCUT2D eigenvalue weighted by molar-refractivity contribution is 7.14. The molecule has 1 aromatic heterocycles. The van der Waals surface area contributed by atoms with Crippen molar-refractivity contribution in [1.82, 2.24) is 15.6 Å². The van der Waals surface area contributed by atoms with E-state index in [1.165, 1.54) is 5.38 Å². The Morgan fingerprint density at radius 3 is 2.67 bits per heavy atom. The lowest BCUT2D eigenvalue weighted by atomic mass is 9.80. The lowest BCUT2D eigenvalue weighted by molar-refractivity contribution is -0.185. The van der Waals surface area contributed by atoms with Crippen LogP contribution in [0, 0.1) is 0 Å². The van der Waals surface area contributed by atoms with Crippen LogP contribution >= 0.6 is 11.3 Å². The molecule has 16 heteroatoms. The molecule has 1 saturated carbocycles. The molecule has 15 nitrogen and oxygen atoms in total. The molecule has 0 radical (unpaired) electrons. The van der Waals surface area contributed by atoms with Gasteiger partial charge in [-0.2, -0.15) is 0 Å². The molecule has 1 saturated heterocycles. The van der Waals surface area contributed by atoms with Crippen LogP contribution in [-0.4, -0.2) is 71.0 Å². The van der Waals surface area contributed by atoms with Gasteiger partial charge in [0.05, 0.1) is 12.6 Å². The first-order valence-electron chi connectivity index (χ1n) is 12.5. The Labute approximate surface area is 228 Å². The molecule has 0 bridgehead atoms. The number of carbonyl (C=O) groups excluding carboxylic acids is 4. The van der Waals surface area contributed by atoms with Crippen molar-refractivity contribution < 1.29 is 33.5 Å². The molecule has 0 spiro atoms. The van der Waals surface area contributed by atoms with Crippen molar-refractivity contribution in [3.8, 4) is 0 Å². The van der Waals surface area contributed by atoms with Gasteiger partial charge in [-0.3, -0.25) is 14.9 Å². The maximum absolute atomic E-state index is 13.3. The SMILES string of the molecule is CCCCOC(=O)C1(O/N=C(\C(=O)N[C@@H]2C(=O)N[C@@H]2CN=[N+]=[N-])c2csc(NC(=O)OC(C)(C)C)n2)CCC1. The lowest BCUT2D eigenvalue weighted by Crippen LogP contribution is -2.70. The number of unbranched alkanes of at least 4 members (excludes halogenated alkanes) is 1. The van der Waals surface area contributed by atoms with E-state index in [0.29, 0.717) is 25.7 Å². The average molecular weight is 565 g/mol. The summed E-state index contributed by atoms with van der Waals surface area (Å²) in [7, 11) is 0. The number of nitrogens with one attached hydrogen (secondary N) is 3. The fourth-order valence-corrected chi connectivity index (χ4v) is 4.21. The first-order valence-corrected chi connectivity index (χ1v) is 13.4. The minimum Gasteiger partial charge on any atom is -0.463 e. The summed E-state index contributed by atoms with van der Waals surface area (Å²) in [5.74, 6) is -1.85. The molecule has 39 heavy (non-hydrogen) atoms. The van der Waals surface area contributed by atoms with Gasteiger partial charge in [0.2, 0.25) is 11.5 Å². The van der Waals surface area contributed by atoms with Crippen LogP contribution in [0.3, 0.4) is 0 Å². The van der Waals surface area contributed by atoms with Crippen LogP contribution in [0.15, 0.2) is 15.7 Å². The van der Waals surface area contributed by atoms with Crippen LogP contribution in [0.5, 0.6) is 0 Å². The zero-order chi connectivity index (χ0) is 28.6. The van der Waals surface area contributed by atoms with Crippen molar-refractivity contribution in [2.75, 3.05) is 18.5 Å². The van der Waals surface area contributed by atoms with E-state index in [2.05, 4.69) is 36.1 Å². The summed E-state index contributed by atoms with van der Waals surface area (Å²) < 4.78 is 10.6. The third-order valence-corrected chi connectivity index (χ3v) is 6.54. The summed E-state index contributed by atoms with van der Waals surface area (Å²) in [6, 6.07) is -1.59. The number of oxime groups is 1. The number of carbonyl (C=O) groups is 4. The molecule has 212 valence electrons. The second kappa shape index (κ2) is 12.8. The maximum atomic E-state index is 13.3. The van der Waals surface area contributed by atoms with Crippen molar-refractivity contribution >= 4 is 46.1 Å². The summed E-state index contributed by atoms with van der Waals surface area (Å²) >= 11 is 1.01. The zero-order valence-corrected chi connectivity index (χ0v) is 23.0. The molecule has 2 aliphatic rings. The Morgan fingerprint density at radius 2 is 2.08 bits per heavy atom. The number of anilines is 1. The van der Waals surface area contributed by atoms with Gasteiger partial charge < -0.3 is 24.9 Å². The first-order chi connectivity index (χ1) is 18.5. The van der Waals surface area contributed by atoms with Crippen molar-refractivity contribution in [2.45, 2.75) is 83.1 Å². The number of thiazole rings is 1. The van der Waals surface area contributed by atoms with E-state index in [0.717, 1.165) is 17.8 Å². The fourth-order valence-electron chi connectivity index (χ4n) is 3.53. The second-order valence-electron chi connectivity index (χ2n) is 10.0. The topological polar surface area (TPSA) is 206 Å². The number of hydrogen-bond donors (Lipinski definition) is 3. The van der Waals surface area contributed by atoms with Crippen LogP contribution in [0.4, 0.5) is 9.93 Å². The number of aromatic nitrogens is 1.